The third-order valence-electron chi connectivity index (χ3n) is 3.86. The number of aliphatic hydroxyl groups is 1. The van der Waals surface area contributed by atoms with E-state index in [0.717, 1.165) is 5.56 Å². The summed E-state index contributed by atoms with van der Waals surface area (Å²) < 4.78 is 0. The standard InChI is InChI=1S/C19H21ClN2O3/c20-16-8-4-5-9-17(16)22-19(25)18(24)21-12-10-15(11-13-23)14-6-2-1-3-7-14/h1-9,15,23H,10-13H2,(H,21,24)(H,22,25)/t15-/m0/s1. The number of benzene rings is 2. The lowest BCUT2D eigenvalue weighted by Crippen LogP contribution is -2.36. The number of nitrogens with one attached hydrogen (secondary N) is 2. The van der Waals surface area contributed by atoms with Gasteiger partial charge in [0.15, 0.2) is 0 Å². The molecule has 1 atom stereocenters. The van der Waals surface area contributed by atoms with Gasteiger partial charge in [-0.05, 0) is 36.5 Å². The zero-order valence-corrected chi connectivity index (χ0v) is 14.5. The molecule has 5 nitrogen and oxygen atoms in total. The van der Waals surface area contributed by atoms with Crippen molar-refractivity contribution in [3.05, 3.63) is 65.2 Å². The molecule has 132 valence electrons. The molecule has 0 aromatic heterocycles. The van der Waals surface area contributed by atoms with E-state index in [0.29, 0.717) is 30.1 Å². The van der Waals surface area contributed by atoms with Crippen LogP contribution in [-0.4, -0.2) is 30.1 Å². The molecule has 2 aromatic rings. The fourth-order valence-corrected chi connectivity index (χ4v) is 2.72. The van der Waals surface area contributed by atoms with Crippen molar-refractivity contribution < 1.29 is 14.7 Å². The normalized spacial score (nSPS) is 11.6. The van der Waals surface area contributed by atoms with Gasteiger partial charge in [0, 0.05) is 13.2 Å². The fourth-order valence-electron chi connectivity index (χ4n) is 2.54. The number of hydrogen-bond acceptors (Lipinski definition) is 3. The minimum atomic E-state index is -0.758. The van der Waals surface area contributed by atoms with Gasteiger partial charge in [0.2, 0.25) is 0 Å². The molecule has 6 heteroatoms. The minimum absolute atomic E-state index is 0.0699. The summed E-state index contributed by atoms with van der Waals surface area (Å²) in [4.78, 5) is 23.8. The lowest BCUT2D eigenvalue weighted by molar-refractivity contribution is -0.136. The predicted molar refractivity (Wildman–Crippen MR) is 98.6 cm³/mol. The van der Waals surface area contributed by atoms with Crippen LogP contribution in [0.2, 0.25) is 5.02 Å². The number of amides is 2. The topological polar surface area (TPSA) is 78.4 Å². The second-order valence-electron chi connectivity index (χ2n) is 5.60. The summed E-state index contributed by atoms with van der Waals surface area (Å²) in [5.74, 6) is -1.35. The van der Waals surface area contributed by atoms with Gasteiger partial charge in [0.1, 0.15) is 0 Å². The van der Waals surface area contributed by atoms with Gasteiger partial charge in [-0.25, -0.2) is 0 Å². The molecule has 0 saturated heterocycles. The molecule has 2 amide bonds. The van der Waals surface area contributed by atoms with E-state index in [1.165, 1.54) is 0 Å². The van der Waals surface area contributed by atoms with Gasteiger partial charge >= 0.3 is 11.8 Å². The summed E-state index contributed by atoms with van der Waals surface area (Å²) >= 11 is 5.95. The molecular weight excluding hydrogens is 340 g/mol. The first-order chi connectivity index (χ1) is 12.1. The second kappa shape index (κ2) is 9.81. The van der Waals surface area contributed by atoms with E-state index in [9.17, 15) is 14.7 Å². The summed E-state index contributed by atoms with van der Waals surface area (Å²) in [7, 11) is 0. The molecule has 0 unspecified atom stereocenters. The van der Waals surface area contributed by atoms with E-state index in [-0.39, 0.29) is 12.5 Å². The third kappa shape index (κ3) is 5.89. The van der Waals surface area contributed by atoms with Crippen molar-refractivity contribution >= 4 is 29.1 Å². The Labute approximate surface area is 152 Å². The molecule has 2 aromatic carbocycles. The zero-order chi connectivity index (χ0) is 18.1. The number of halogens is 1. The summed E-state index contributed by atoms with van der Waals surface area (Å²) in [5.41, 5.74) is 1.50. The molecule has 0 fully saturated rings. The zero-order valence-electron chi connectivity index (χ0n) is 13.7. The molecule has 0 spiro atoms. The van der Waals surface area contributed by atoms with Crippen LogP contribution < -0.4 is 10.6 Å². The first-order valence-corrected chi connectivity index (χ1v) is 8.49. The van der Waals surface area contributed by atoms with Crippen molar-refractivity contribution in [3.8, 4) is 0 Å². The van der Waals surface area contributed by atoms with E-state index in [4.69, 9.17) is 11.6 Å². The van der Waals surface area contributed by atoms with Crippen molar-refractivity contribution in [1.82, 2.24) is 5.32 Å². The van der Waals surface area contributed by atoms with Crippen LogP contribution in [0.15, 0.2) is 54.6 Å². The molecule has 0 aliphatic carbocycles. The maximum atomic E-state index is 11.9. The number of carbonyl (C=O) groups is 2. The Bertz CT molecular complexity index is 707. The van der Waals surface area contributed by atoms with Gasteiger partial charge in [-0.3, -0.25) is 9.59 Å². The third-order valence-corrected chi connectivity index (χ3v) is 4.18. The lowest BCUT2D eigenvalue weighted by atomic mass is 9.93. The molecular formula is C19H21ClN2O3. The highest BCUT2D eigenvalue weighted by Gasteiger charge is 2.16. The molecule has 0 aliphatic rings. The molecule has 0 heterocycles. The van der Waals surface area contributed by atoms with Crippen LogP contribution >= 0.6 is 11.6 Å². The largest absolute Gasteiger partial charge is 0.396 e. The molecule has 0 saturated carbocycles. The highest BCUT2D eigenvalue weighted by molar-refractivity contribution is 6.41. The molecule has 25 heavy (non-hydrogen) atoms. The Balaban J connectivity index is 1.84. The molecule has 0 aliphatic heterocycles. The average Bonchev–Trinajstić information content (AvgIpc) is 2.63. The maximum Gasteiger partial charge on any atom is 0.313 e. The minimum Gasteiger partial charge on any atom is -0.396 e. The van der Waals surface area contributed by atoms with Gasteiger partial charge in [0.25, 0.3) is 0 Å². The number of para-hydroxylation sites is 1. The molecule has 0 bridgehead atoms. The monoisotopic (exact) mass is 360 g/mol. The average molecular weight is 361 g/mol. The van der Waals surface area contributed by atoms with Gasteiger partial charge in [-0.15, -0.1) is 0 Å². The molecule has 0 radical (unpaired) electrons. The van der Waals surface area contributed by atoms with Crippen molar-refractivity contribution in [2.45, 2.75) is 18.8 Å². The van der Waals surface area contributed by atoms with Crippen LogP contribution in [0.3, 0.4) is 0 Å². The van der Waals surface area contributed by atoms with Crippen LogP contribution in [-0.2, 0) is 9.59 Å². The van der Waals surface area contributed by atoms with Gasteiger partial charge < -0.3 is 15.7 Å². The summed E-state index contributed by atoms with van der Waals surface area (Å²) in [6, 6.07) is 16.5. The Kier molecular flexibility index (Phi) is 7.44. The Hall–Kier alpha value is -2.37. The quantitative estimate of drug-likeness (QED) is 0.664. The Morgan fingerprint density at radius 2 is 1.64 bits per heavy atom. The fraction of sp³-hybridized carbons (Fsp3) is 0.263. The van der Waals surface area contributed by atoms with Crippen LogP contribution in [0.4, 0.5) is 5.69 Å². The van der Waals surface area contributed by atoms with E-state index in [2.05, 4.69) is 10.6 Å². The highest BCUT2D eigenvalue weighted by atomic mass is 35.5. The van der Waals surface area contributed by atoms with E-state index in [1.807, 2.05) is 30.3 Å². The van der Waals surface area contributed by atoms with Gasteiger partial charge in [-0.2, -0.15) is 0 Å². The van der Waals surface area contributed by atoms with Crippen LogP contribution in [0.25, 0.3) is 0 Å². The first-order valence-electron chi connectivity index (χ1n) is 8.11. The number of aliphatic hydroxyl groups excluding tert-OH is 1. The summed E-state index contributed by atoms with van der Waals surface area (Å²) in [6.07, 6.45) is 1.24. The van der Waals surface area contributed by atoms with Crippen molar-refractivity contribution in [1.29, 1.82) is 0 Å². The van der Waals surface area contributed by atoms with Crippen LogP contribution in [0.1, 0.15) is 24.3 Å². The predicted octanol–water partition coefficient (Wildman–Crippen LogP) is 2.95. The van der Waals surface area contributed by atoms with Crippen molar-refractivity contribution in [2.75, 3.05) is 18.5 Å². The lowest BCUT2D eigenvalue weighted by Gasteiger charge is -2.16. The second-order valence-corrected chi connectivity index (χ2v) is 6.01. The number of anilines is 1. The number of carbonyl (C=O) groups excluding carboxylic acids is 2. The van der Waals surface area contributed by atoms with E-state index >= 15 is 0 Å². The van der Waals surface area contributed by atoms with E-state index in [1.54, 1.807) is 24.3 Å². The molecule has 2 rings (SSSR count). The van der Waals surface area contributed by atoms with Crippen LogP contribution in [0.5, 0.6) is 0 Å². The smallest absolute Gasteiger partial charge is 0.313 e. The van der Waals surface area contributed by atoms with Crippen molar-refractivity contribution in [3.63, 3.8) is 0 Å². The Morgan fingerprint density at radius 3 is 2.32 bits per heavy atom. The SMILES string of the molecule is O=C(NCC[C@@H](CCO)c1ccccc1)C(=O)Nc1ccccc1Cl. The molecule has 3 N–H and O–H groups in total. The number of rotatable bonds is 7. The maximum absolute atomic E-state index is 11.9. The Morgan fingerprint density at radius 1 is 0.960 bits per heavy atom. The van der Waals surface area contributed by atoms with E-state index < -0.39 is 11.8 Å². The van der Waals surface area contributed by atoms with Gasteiger partial charge in [-0.1, -0.05) is 54.1 Å². The summed E-state index contributed by atoms with van der Waals surface area (Å²) in [6.45, 7) is 0.412. The summed E-state index contributed by atoms with van der Waals surface area (Å²) in [5, 5.41) is 14.7. The van der Waals surface area contributed by atoms with Crippen LogP contribution in [0, 0.1) is 0 Å². The first kappa shape index (κ1) is 19.0. The van der Waals surface area contributed by atoms with Gasteiger partial charge in [0.05, 0.1) is 10.7 Å². The van der Waals surface area contributed by atoms with Crippen molar-refractivity contribution in [2.24, 2.45) is 0 Å². The number of hydrogen-bond donors (Lipinski definition) is 3. The highest BCUT2D eigenvalue weighted by Crippen LogP contribution is 2.22.